The van der Waals surface area contributed by atoms with E-state index in [-0.39, 0.29) is 0 Å². The lowest BCUT2D eigenvalue weighted by molar-refractivity contribution is 0.414. The summed E-state index contributed by atoms with van der Waals surface area (Å²) in [6.45, 7) is 1.49. The zero-order valence-corrected chi connectivity index (χ0v) is 10.9. The molecule has 0 bridgehead atoms. The number of hydrogen-bond acceptors (Lipinski definition) is 3. The number of aromatic nitrogens is 1. The molecule has 1 N–H and O–H groups in total. The van der Waals surface area contributed by atoms with Gasteiger partial charge < -0.3 is 10.1 Å². The molecule has 4 heteroatoms. The zero-order chi connectivity index (χ0) is 12.8. The highest BCUT2D eigenvalue weighted by Crippen LogP contribution is 2.14. The van der Waals surface area contributed by atoms with E-state index in [1.54, 1.807) is 19.5 Å². The molecule has 0 radical (unpaired) electrons. The first-order valence-electron chi connectivity index (χ1n) is 5.71. The van der Waals surface area contributed by atoms with Gasteiger partial charge in [0.2, 0.25) is 0 Å². The summed E-state index contributed by atoms with van der Waals surface area (Å²) in [6.07, 6.45) is 3.40. The predicted molar refractivity (Wildman–Crippen MR) is 72.8 cm³/mol. The SMILES string of the molecule is COc1cccc(CNCc2ccncc2Cl)c1. The van der Waals surface area contributed by atoms with Gasteiger partial charge in [-0.05, 0) is 29.3 Å². The molecule has 3 nitrogen and oxygen atoms in total. The van der Waals surface area contributed by atoms with E-state index in [1.165, 1.54) is 5.56 Å². The third-order valence-electron chi connectivity index (χ3n) is 2.64. The summed E-state index contributed by atoms with van der Waals surface area (Å²) >= 11 is 6.03. The highest BCUT2D eigenvalue weighted by Gasteiger charge is 2.00. The van der Waals surface area contributed by atoms with Crippen LogP contribution in [-0.4, -0.2) is 12.1 Å². The van der Waals surface area contributed by atoms with Crippen LogP contribution in [0, 0.1) is 0 Å². The number of nitrogens with one attached hydrogen (secondary N) is 1. The number of ether oxygens (including phenoxy) is 1. The second-order valence-corrected chi connectivity index (χ2v) is 4.33. The van der Waals surface area contributed by atoms with Gasteiger partial charge in [-0.15, -0.1) is 0 Å². The molecular weight excluding hydrogens is 248 g/mol. The van der Waals surface area contributed by atoms with Gasteiger partial charge >= 0.3 is 0 Å². The monoisotopic (exact) mass is 262 g/mol. The average Bonchev–Trinajstić information content (AvgIpc) is 2.41. The molecule has 0 amide bonds. The summed E-state index contributed by atoms with van der Waals surface area (Å²) in [5.74, 6) is 0.872. The normalized spacial score (nSPS) is 10.3. The molecule has 2 rings (SSSR count). The molecule has 0 saturated heterocycles. The first kappa shape index (κ1) is 12.9. The number of rotatable bonds is 5. The average molecular weight is 263 g/mol. The third kappa shape index (κ3) is 3.45. The Morgan fingerprint density at radius 3 is 2.94 bits per heavy atom. The zero-order valence-electron chi connectivity index (χ0n) is 10.2. The minimum absolute atomic E-state index is 0.690. The van der Waals surface area contributed by atoms with Crippen LogP contribution in [0.15, 0.2) is 42.7 Å². The molecule has 0 aliphatic carbocycles. The van der Waals surface area contributed by atoms with Crippen molar-refractivity contribution in [2.75, 3.05) is 7.11 Å². The van der Waals surface area contributed by atoms with Gasteiger partial charge in [0.15, 0.2) is 0 Å². The lowest BCUT2D eigenvalue weighted by atomic mass is 10.2. The molecule has 0 fully saturated rings. The molecule has 0 saturated carbocycles. The van der Waals surface area contributed by atoms with Crippen molar-refractivity contribution in [1.82, 2.24) is 10.3 Å². The van der Waals surface area contributed by atoms with E-state index in [4.69, 9.17) is 16.3 Å². The summed E-state index contributed by atoms with van der Waals surface area (Å²) in [4.78, 5) is 3.96. The van der Waals surface area contributed by atoms with E-state index in [1.807, 2.05) is 24.3 Å². The fraction of sp³-hybridized carbons (Fsp3) is 0.214. The minimum Gasteiger partial charge on any atom is -0.497 e. The van der Waals surface area contributed by atoms with Crippen molar-refractivity contribution in [2.24, 2.45) is 0 Å². The smallest absolute Gasteiger partial charge is 0.119 e. The fourth-order valence-electron chi connectivity index (χ4n) is 1.67. The molecule has 1 aromatic carbocycles. The molecule has 0 spiro atoms. The number of pyridine rings is 1. The maximum Gasteiger partial charge on any atom is 0.119 e. The van der Waals surface area contributed by atoms with E-state index >= 15 is 0 Å². The van der Waals surface area contributed by atoms with Crippen LogP contribution in [0.25, 0.3) is 0 Å². The van der Waals surface area contributed by atoms with Crippen LogP contribution in [-0.2, 0) is 13.1 Å². The Kier molecular flexibility index (Phi) is 4.56. The van der Waals surface area contributed by atoms with Gasteiger partial charge in [0.1, 0.15) is 5.75 Å². The minimum atomic E-state index is 0.690. The molecule has 0 aliphatic rings. The van der Waals surface area contributed by atoms with Crippen molar-refractivity contribution in [1.29, 1.82) is 0 Å². The lowest BCUT2D eigenvalue weighted by Gasteiger charge is -2.07. The van der Waals surface area contributed by atoms with E-state index < -0.39 is 0 Å². The number of benzene rings is 1. The van der Waals surface area contributed by atoms with Crippen LogP contribution in [0.5, 0.6) is 5.75 Å². The Bertz CT molecular complexity index is 517. The quantitative estimate of drug-likeness (QED) is 0.899. The molecular formula is C14H15ClN2O. The van der Waals surface area contributed by atoms with Crippen LogP contribution < -0.4 is 10.1 Å². The van der Waals surface area contributed by atoms with Crippen molar-refractivity contribution >= 4 is 11.6 Å². The van der Waals surface area contributed by atoms with Crippen LogP contribution in [0.1, 0.15) is 11.1 Å². The van der Waals surface area contributed by atoms with E-state index in [0.717, 1.165) is 24.4 Å². The van der Waals surface area contributed by atoms with Gasteiger partial charge in [-0.1, -0.05) is 23.7 Å². The maximum absolute atomic E-state index is 6.03. The first-order valence-corrected chi connectivity index (χ1v) is 6.09. The van der Waals surface area contributed by atoms with E-state index in [0.29, 0.717) is 5.02 Å². The highest BCUT2D eigenvalue weighted by molar-refractivity contribution is 6.31. The van der Waals surface area contributed by atoms with Crippen molar-refractivity contribution in [3.8, 4) is 5.75 Å². The summed E-state index contributed by atoms with van der Waals surface area (Å²) in [6, 6.07) is 9.91. The Morgan fingerprint density at radius 2 is 2.17 bits per heavy atom. The molecule has 94 valence electrons. The number of hydrogen-bond donors (Lipinski definition) is 1. The van der Waals surface area contributed by atoms with Crippen LogP contribution in [0.4, 0.5) is 0 Å². The lowest BCUT2D eigenvalue weighted by Crippen LogP contribution is -2.13. The molecule has 0 atom stereocenters. The Hall–Kier alpha value is -1.58. The molecule has 1 heterocycles. The molecule has 18 heavy (non-hydrogen) atoms. The maximum atomic E-state index is 6.03. The Balaban J connectivity index is 1.90. The Morgan fingerprint density at radius 1 is 1.28 bits per heavy atom. The van der Waals surface area contributed by atoms with E-state index in [9.17, 15) is 0 Å². The standard InChI is InChI=1S/C14H15ClN2O/c1-18-13-4-2-3-11(7-13)8-17-9-12-5-6-16-10-14(12)15/h2-7,10,17H,8-9H2,1H3. The summed E-state index contributed by atoms with van der Waals surface area (Å²) < 4.78 is 5.18. The van der Waals surface area contributed by atoms with Gasteiger partial charge in [-0.3, -0.25) is 4.98 Å². The van der Waals surface area contributed by atoms with Crippen molar-refractivity contribution in [3.63, 3.8) is 0 Å². The van der Waals surface area contributed by atoms with Gasteiger partial charge in [0, 0.05) is 25.5 Å². The first-order chi connectivity index (χ1) is 8.79. The predicted octanol–water partition coefficient (Wildman–Crippen LogP) is 3.03. The van der Waals surface area contributed by atoms with Crippen LogP contribution in [0.3, 0.4) is 0 Å². The second kappa shape index (κ2) is 6.38. The Labute approximate surface area is 112 Å². The van der Waals surface area contributed by atoms with Gasteiger partial charge in [-0.25, -0.2) is 0 Å². The largest absolute Gasteiger partial charge is 0.497 e. The van der Waals surface area contributed by atoms with Crippen molar-refractivity contribution in [3.05, 3.63) is 58.9 Å². The second-order valence-electron chi connectivity index (χ2n) is 3.92. The van der Waals surface area contributed by atoms with Crippen LogP contribution in [0.2, 0.25) is 5.02 Å². The highest BCUT2D eigenvalue weighted by atomic mass is 35.5. The van der Waals surface area contributed by atoms with Crippen molar-refractivity contribution < 1.29 is 4.74 Å². The summed E-state index contributed by atoms with van der Waals surface area (Å²) in [5.41, 5.74) is 2.23. The topological polar surface area (TPSA) is 34.1 Å². The van der Waals surface area contributed by atoms with E-state index in [2.05, 4.69) is 16.4 Å². The summed E-state index contributed by atoms with van der Waals surface area (Å²) in [5, 5.41) is 4.03. The fourth-order valence-corrected chi connectivity index (χ4v) is 1.86. The van der Waals surface area contributed by atoms with Crippen molar-refractivity contribution in [2.45, 2.75) is 13.1 Å². The number of methoxy groups -OCH3 is 1. The molecule has 0 aliphatic heterocycles. The van der Waals surface area contributed by atoms with Gasteiger partial charge in [-0.2, -0.15) is 0 Å². The number of nitrogens with zero attached hydrogens (tertiary/aromatic N) is 1. The summed E-state index contributed by atoms with van der Waals surface area (Å²) in [7, 11) is 1.67. The molecule has 2 aromatic rings. The third-order valence-corrected chi connectivity index (χ3v) is 2.98. The number of halogens is 1. The molecule has 1 aromatic heterocycles. The van der Waals surface area contributed by atoms with Crippen LogP contribution >= 0.6 is 11.6 Å². The van der Waals surface area contributed by atoms with Gasteiger partial charge in [0.05, 0.1) is 12.1 Å². The molecule has 0 unspecified atom stereocenters. The van der Waals surface area contributed by atoms with Gasteiger partial charge in [0.25, 0.3) is 0 Å².